The Morgan fingerprint density at radius 1 is 1.35 bits per heavy atom. The summed E-state index contributed by atoms with van der Waals surface area (Å²) in [5.41, 5.74) is 15.6. The molecule has 0 fully saturated rings. The number of aromatic nitrogens is 1. The van der Waals surface area contributed by atoms with Crippen LogP contribution >= 0.6 is 34.5 Å². The molecule has 2 aromatic rings. The Hall–Kier alpha value is -1.63. The lowest BCUT2D eigenvalue weighted by Gasteiger charge is -2.26. The first-order chi connectivity index (χ1) is 11.0. The van der Waals surface area contributed by atoms with Crippen LogP contribution in [0.5, 0.6) is 0 Å². The summed E-state index contributed by atoms with van der Waals surface area (Å²) in [5.74, 6) is 0.0327. The SMILES string of the molecule is Cc1ccnc2c1/C(=N/N=C(N)N)CC(c1c(Cl)csc1Cl)C2. The smallest absolute Gasteiger partial charge is 0.211 e. The summed E-state index contributed by atoms with van der Waals surface area (Å²) in [5, 5.41) is 10.6. The van der Waals surface area contributed by atoms with Gasteiger partial charge in [0.15, 0.2) is 0 Å². The predicted octanol–water partition coefficient (Wildman–Crippen LogP) is 3.47. The molecule has 1 unspecified atom stereocenters. The Balaban J connectivity index is 2.10. The minimum absolute atomic E-state index is 0.0747. The molecule has 4 N–H and O–H groups in total. The van der Waals surface area contributed by atoms with E-state index in [4.69, 9.17) is 34.7 Å². The Kier molecular flexibility index (Phi) is 4.57. The largest absolute Gasteiger partial charge is 0.369 e. The van der Waals surface area contributed by atoms with Gasteiger partial charge in [-0.1, -0.05) is 23.2 Å². The topological polar surface area (TPSA) is 89.6 Å². The molecule has 1 atom stereocenters. The molecule has 8 heteroatoms. The number of aryl methyl sites for hydroxylation is 1. The first kappa shape index (κ1) is 16.2. The third-order valence-corrected chi connectivity index (χ3v) is 5.53. The molecule has 2 aromatic heterocycles. The van der Waals surface area contributed by atoms with Crippen molar-refractivity contribution in [3.05, 3.63) is 49.4 Å². The Labute approximate surface area is 148 Å². The lowest BCUT2D eigenvalue weighted by Crippen LogP contribution is -2.24. The first-order valence-electron chi connectivity index (χ1n) is 7.00. The van der Waals surface area contributed by atoms with E-state index in [0.717, 1.165) is 34.5 Å². The fourth-order valence-corrected chi connectivity index (χ4v) is 4.51. The van der Waals surface area contributed by atoms with E-state index in [1.165, 1.54) is 11.3 Å². The van der Waals surface area contributed by atoms with E-state index in [1.807, 2.05) is 18.4 Å². The molecule has 0 saturated carbocycles. The minimum atomic E-state index is -0.0747. The fraction of sp³-hybridized carbons (Fsp3) is 0.267. The molecule has 0 bridgehead atoms. The lowest BCUT2D eigenvalue weighted by molar-refractivity contribution is 0.680. The van der Waals surface area contributed by atoms with Crippen LogP contribution in [0.15, 0.2) is 27.8 Å². The second-order valence-corrected chi connectivity index (χ2v) is 7.29. The molecule has 0 radical (unpaired) electrons. The Morgan fingerprint density at radius 3 is 2.78 bits per heavy atom. The van der Waals surface area contributed by atoms with E-state index in [-0.39, 0.29) is 11.9 Å². The molecule has 23 heavy (non-hydrogen) atoms. The molecule has 1 aliphatic carbocycles. The van der Waals surface area contributed by atoms with Crippen molar-refractivity contribution < 1.29 is 0 Å². The summed E-state index contributed by atoms with van der Waals surface area (Å²) in [6.45, 7) is 2.02. The van der Waals surface area contributed by atoms with Gasteiger partial charge in [0.1, 0.15) is 0 Å². The van der Waals surface area contributed by atoms with Crippen LogP contribution in [0.3, 0.4) is 0 Å². The molecular weight excluding hydrogens is 353 g/mol. The maximum atomic E-state index is 6.32. The monoisotopic (exact) mass is 367 g/mol. The highest BCUT2D eigenvalue weighted by atomic mass is 35.5. The predicted molar refractivity (Wildman–Crippen MR) is 96.7 cm³/mol. The molecule has 0 saturated heterocycles. The minimum Gasteiger partial charge on any atom is -0.369 e. The molecule has 0 aliphatic heterocycles. The number of thiophene rings is 1. The highest BCUT2D eigenvalue weighted by Crippen LogP contribution is 2.42. The van der Waals surface area contributed by atoms with Gasteiger partial charge in [-0.15, -0.1) is 16.4 Å². The van der Waals surface area contributed by atoms with Gasteiger partial charge in [0, 0.05) is 22.7 Å². The van der Waals surface area contributed by atoms with Crippen LogP contribution in [0.2, 0.25) is 9.36 Å². The van der Waals surface area contributed by atoms with Crippen LogP contribution in [-0.2, 0) is 6.42 Å². The van der Waals surface area contributed by atoms with E-state index in [0.29, 0.717) is 15.8 Å². The third-order valence-electron chi connectivity index (χ3n) is 3.84. The van der Waals surface area contributed by atoms with Gasteiger partial charge in [0.25, 0.3) is 0 Å². The van der Waals surface area contributed by atoms with Crippen molar-refractivity contribution in [2.24, 2.45) is 21.7 Å². The van der Waals surface area contributed by atoms with Crippen molar-refractivity contribution in [1.82, 2.24) is 4.98 Å². The summed E-state index contributed by atoms with van der Waals surface area (Å²) in [7, 11) is 0. The highest BCUT2D eigenvalue weighted by Gasteiger charge is 2.30. The number of hydrogen-bond acceptors (Lipinski definition) is 4. The second-order valence-electron chi connectivity index (χ2n) is 5.40. The van der Waals surface area contributed by atoms with Gasteiger partial charge >= 0.3 is 0 Å². The van der Waals surface area contributed by atoms with Gasteiger partial charge in [-0.2, -0.15) is 5.10 Å². The molecule has 0 amide bonds. The third kappa shape index (κ3) is 3.20. The van der Waals surface area contributed by atoms with Crippen molar-refractivity contribution in [2.45, 2.75) is 25.7 Å². The van der Waals surface area contributed by atoms with Gasteiger partial charge < -0.3 is 11.5 Å². The molecule has 0 spiro atoms. The van der Waals surface area contributed by atoms with Crippen LogP contribution in [-0.4, -0.2) is 16.7 Å². The van der Waals surface area contributed by atoms with E-state index in [9.17, 15) is 0 Å². The number of hydrogen-bond donors (Lipinski definition) is 2. The van der Waals surface area contributed by atoms with E-state index in [2.05, 4.69) is 15.2 Å². The van der Waals surface area contributed by atoms with E-state index in [1.54, 1.807) is 6.20 Å². The van der Waals surface area contributed by atoms with Crippen molar-refractivity contribution >= 4 is 46.2 Å². The average Bonchev–Trinajstić information content (AvgIpc) is 2.83. The molecule has 1 aliphatic rings. The normalized spacial score (nSPS) is 18.7. The quantitative estimate of drug-likeness (QED) is 0.483. The van der Waals surface area contributed by atoms with Gasteiger partial charge in [-0.3, -0.25) is 4.98 Å². The Morgan fingerprint density at radius 2 is 2.13 bits per heavy atom. The average molecular weight is 368 g/mol. The van der Waals surface area contributed by atoms with E-state index < -0.39 is 0 Å². The lowest BCUT2D eigenvalue weighted by atomic mass is 9.81. The van der Waals surface area contributed by atoms with Crippen LogP contribution in [0.1, 0.15) is 34.7 Å². The number of fused-ring (bicyclic) bond motifs is 1. The zero-order valence-electron chi connectivity index (χ0n) is 12.4. The molecule has 5 nitrogen and oxygen atoms in total. The second kappa shape index (κ2) is 6.47. The van der Waals surface area contributed by atoms with Crippen LogP contribution < -0.4 is 11.5 Å². The number of pyridine rings is 1. The summed E-state index contributed by atoms with van der Waals surface area (Å²) in [4.78, 5) is 4.50. The summed E-state index contributed by atoms with van der Waals surface area (Å²) in [6, 6.07) is 1.95. The van der Waals surface area contributed by atoms with Gasteiger partial charge in [0.2, 0.25) is 5.96 Å². The van der Waals surface area contributed by atoms with Gasteiger partial charge in [-0.05, 0) is 37.3 Å². The van der Waals surface area contributed by atoms with Crippen molar-refractivity contribution in [1.29, 1.82) is 0 Å². The van der Waals surface area contributed by atoms with Crippen LogP contribution in [0.25, 0.3) is 0 Å². The molecule has 120 valence electrons. The number of rotatable bonds is 2. The molecular formula is C15H15Cl2N5S. The first-order valence-corrected chi connectivity index (χ1v) is 8.63. The molecule has 2 heterocycles. The van der Waals surface area contributed by atoms with E-state index >= 15 is 0 Å². The van der Waals surface area contributed by atoms with Crippen molar-refractivity contribution in [3.8, 4) is 0 Å². The summed E-state index contributed by atoms with van der Waals surface area (Å²) < 4.78 is 0.706. The maximum absolute atomic E-state index is 6.32. The Bertz CT molecular complexity index is 789. The van der Waals surface area contributed by atoms with Gasteiger partial charge in [0.05, 0.1) is 20.8 Å². The molecule has 3 rings (SSSR count). The number of nitrogens with zero attached hydrogens (tertiary/aromatic N) is 3. The highest BCUT2D eigenvalue weighted by molar-refractivity contribution is 7.15. The zero-order chi connectivity index (χ0) is 16.6. The fourth-order valence-electron chi connectivity index (χ4n) is 2.90. The van der Waals surface area contributed by atoms with Crippen molar-refractivity contribution in [3.63, 3.8) is 0 Å². The van der Waals surface area contributed by atoms with Crippen LogP contribution in [0.4, 0.5) is 0 Å². The number of guanidine groups is 1. The van der Waals surface area contributed by atoms with Crippen LogP contribution in [0, 0.1) is 6.92 Å². The zero-order valence-corrected chi connectivity index (χ0v) is 14.7. The summed E-state index contributed by atoms with van der Waals surface area (Å²) in [6.07, 6.45) is 3.21. The number of nitrogens with two attached hydrogens (primary N) is 2. The molecule has 0 aromatic carbocycles. The van der Waals surface area contributed by atoms with Crippen molar-refractivity contribution in [2.75, 3.05) is 0 Å². The summed E-state index contributed by atoms with van der Waals surface area (Å²) >= 11 is 14.1. The number of halogens is 2. The van der Waals surface area contributed by atoms with Gasteiger partial charge in [-0.25, -0.2) is 0 Å². The standard InChI is InChI=1S/C15H15Cl2N5S/c1-7-2-3-20-10-4-8(13-9(16)6-23-14(13)17)5-11(12(7)10)21-22-15(18)19/h2-3,6,8H,4-5H2,1H3,(H4,18,19,22)/b21-11+. The maximum Gasteiger partial charge on any atom is 0.211 e.